The number of hydrogen-bond acceptors (Lipinski definition) is 6. The predicted octanol–water partition coefficient (Wildman–Crippen LogP) is 6.63. The molecule has 1 atom stereocenters. The van der Waals surface area contributed by atoms with Gasteiger partial charge in [-0.15, -0.1) is 0 Å². The molecule has 0 saturated carbocycles. The van der Waals surface area contributed by atoms with Crippen molar-refractivity contribution in [1.29, 1.82) is 0 Å². The van der Waals surface area contributed by atoms with E-state index in [0.29, 0.717) is 23.8 Å². The lowest BCUT2D eigenvalue weighted by Crippen LogP contribution is -2.44. The van der Waals surface area contributed by atoms with Crippen LogP contribution in [0.2, 0.25) is 0 Å². The number of para-hydroxylation sites is 1. The molecule has 7 nitrogen and oxygen atoms in total. The first kappa shape index (κ1) is 25.1. The Balaban J connectivity index is 1.60. The van der Waals surface area contributed by atoms with Crippen molar-refractivity contribution in [1.82, 2.24) is 4.31 Å². The lowest BCUT2D eigenvalue weighted by molar-refractivity contribution is 0.0215. The second-order valence-electron chi connectivity index (χ2n) is 10.1. The van der Waals surface area contributed by atoms with Crippen molar-refractivity contribution in [2.24, 2.45) is 5.92 Å². The van der Waals surface area contributed by atoms with Gasteiger partial charge in [0.1, 0.15) is 17.3 Å². The quantitative estimate of drug-likeness (QED) is 0.397. The second-order valence-corrected chi connectivity index (χ2v) is 12.5. The average molecular weight is 543 g/mol. The molecule has 38 heavy (non-hydrogen) atoms. The van der Waals surface area contributed by atoms with Gasteiger partial charge >= 0.3 is 5.97 Å². The van der Waals surface area contributed by atoms with Gasteiger partial charge in [0, 0.05) is 42.5 Å². The molecule has 1 saturated heterocycles. The van der Waals surface area contributed by atoms with Gasteiger partial charge in [-0.2, -0.15) is 4.31 Å². The lowest BCUT2D eigenvalue weighted by atomic mass is 9.93. The van der Waals surface area contributed by atoms with Crippen LogP contribution in [0.25, 0.3) is 11.1 Å². The van der Waals surface area contributed by atoms with Crippen LogP contribution < -0.4 is 9.64 Å². The maximum absolute atomic E-state index is 15.0. The number of halogens is 2. The summed E-state index contributed by atoms with van der Waals surface area (Å²) in [5.74, 6) is -3.26. The van der Waals surface area contributed by atoms with Crippen molar-refractivity contribution in [2.75, 3.05) is 25.3 Å². The van der Waals surface area contributed by atoms with E-state index in [1.54, 1.807) is 0 Å². The molecule has 1 spiro atoms. The SMILES string of the molecule is CC(C)C[C@@H]1CN(c2ccccc2)c2cc3c(cc2S2(OCO2)N1C)-c1cc(C(=O)O)c(F)c(F)c1CO3. The Hall–Kier alpha value is -3.18. The van der Waals surface area contributed by atoms with Crippen molar-refractivity contribution in [3.8, 4) is 16.9 Å². The number of rotatable bonds is 4. The van der Waals surface area contributed by atoms with Crippen molar-refractivity contribution in [3.63, 3.8) is 0 Å². The smallest absolute Gasteiger partial charge is 0.338 e. The normalized spacial score (nSPS) is 20.6. The standard InChI is InChI=1S/C28H28F2N2O5S/c1-16(2)9-18-13-32(17-7-5-4-6-8-17)23-12-24-20(11-25(23)38(31(18)3)36-15-37-38)19-10-21(28(33)34)26(29)27(30)22(19)14-35-24/h4-8,10-12,16,18H,9,13-15H2,1-3H3,(H,33,34)/t18-/m1/s1. The number of fused-ring (bicyclic) bond motifs is 5. The Bertz CT molecular complexity index is 1430. The van der Waals surface area contributed by atoms with Crippen molar-refractivity contribution in [3.05, 3.63) is 71.3 Å². The van der Waals surface area contributed by atoms with Crippen LogP contribution in [0.3, 0.4) is 0 Å². The van der Waals surface area contributed by atoms with Crippen LogP contribution in [0.5, 0.6) is 5.75 Å². The summed E-state index contributed by atoms with van der Waals surface area (Å²) in [6.07, 6.45) is 0.904. The minimum Gasteiger partial charge on any atom is -0.488 e. The van der Waals surface area contributed by atoms with Crippen LogP contribution in [-0.2, 0) is 15.0 Å². The molecular weight excluding hydrogens is 514 g/mol. The number of ether oxygens (including phenoxy) is 1. The molecule has 3 aromatic carbocycles. The number of nitrogens with zero attached hydrogens (tertiary/aromatic N) is 2. The highest BCUT2D eigenvalue weighted by atomic mass is 32.3. The van der Waals surface area contributed by atoms with Gasteiger partial charge < -0.3 is 14.7 Å². The Labute approximate surface area is 221 Å². The van der Waals surface area contributed by atoms with Gasteiger partial charge in [-0.05, 0) is 42.2 Å². The number of carboxylic acid groups (broad SMARTS) is 1. The number of aromatic carboxylic acids is 1. The predicted molar refractivity (Wildman–Crippen MR) is 140 cm³/mol. The maximum atomic E-state index is 15.0. The summed E-state index contributed by atoms with van der Waals surface area (Å²) in [6.45, 7) is 4.97. The summed E-state index contributed by atoms with van der Waals surface area (Å²) in [7, 11) is -0.335. The van der Waals surface area contributed by atoms with Crippen LogP contribution in [0.15, 0.2) is 53.4 Å². The van der Waals surface area contributed by atoms with Gasteiger partial charge in [-0.1, -0.05) is 42.8 Å². The van der Waals surface area contributed by atoms with Gasteiger partial charge in [0.25, 0.3) is 0 Å². The first-order valence-corrected chi connectivity index (χ1v) is 13.9. The van der Waals surface area contributed by atoms with Crippen LogP contribution in [-0.4, -0.2) is 41.8 Å². The molecule has 200 valence electrons. The first-order chi connectivity index (χ1) is 18.2. The highest BCUT2D eigenvalue weighted by Gasteiger charge is 2.47. The monoisotopic (exact) mass is 542 g/mol. The fourth-order valence-electron chi connectivity index (χ4n) is 5.47. The first-order valence-electron chi connectivity index (χ1n) is 12.4. The molecule has 0 bridgehead atoms. The molecular formula is C28H28F2N2O5S. The molecule has 0 aliphatic carbocycles. The lowest BCUT2D eigenvalue weighted by Gasteiger charge is -2.56. The van der Waals surface area contributed by atoms with E-state index in [4.69, 9.17) is 13.1 Å². The molecule has 0 amide bonds. The number of anilines is 2. The van der Waals surface area contributed by atoms with E-state index < -0.39 is 33.9 Å². The van der Waals surface area contributed by atoms with E-state index >= 15 is 0 Å². The molecule has 1 fully saturated rings. The molecule has 3 heterocycles. The summed E-state index contributed by atoms with van der Waals surface area (Å²) in [6, 6.07) is 15.0. The molecule has 0 radical (unpaired) electrons. The van der Waals surface area contributed by atoms with Crippen molar-refractivity contribution >= 4 is 28.1 Å². The average Bonchev–Trinajstić information content (AvgIpc) is 2.97. The molecule has 3 aliphatic rings. The maximum Gasteiger partial charge on any atom is 0.338 e. The zero-order chi connectivity index (χ0) is 26.8. The molecule has 10 heteroatoms. The molecule has 3 aromatic rings. The van der Waals surface area contributed by atoms with Crippen molar-refractivity contribution in [2.45, 2.75) is 37.8 Å². The Morgan fingerprint density at radius 2 is 1.84 bits per heavy atom. The Kier molecular flexibility index (Phi) is 6.10. The van der Waals surface area contributed by atoms with Crippen LogP contribution >= 0.6 is 10.8 Å². The van der Waals surface area contributed by atoms with Gasteiger partial charge in [0.05, 0.1) is 11.3 Å². The van der Waals surface area contributed by atoms with E-state index in [2.05, 4.69) is 23.1 Å². The van der Waals surface area contributed by atoms with Gasteiger partial charge in [0.15, 0.2) is 18.4 Å². The molecule has 1 N–H and O–H groups in total. The minimum absolute atomic E-state index is 0.0148. The van der Waals surface area contributed by atoms with Gasteiger partial charge in [0.2, 0.25) is 0 Å². The van der Waals surface area contributed by atoms with Crippen molar-refractivity contribution < 1.29 is 31.8 Å². The van der Waals surface area contributed by atoms with E-state index in [9.17, 15) is 18.7 Å². The number of carboxylic acids is 1. The van der Waals surface area contributed by atoms with E-state index in [0.717, 1.165) is 22.7 Å². The molecule has 6 rings (SSSR count). The zero-order valence-electron chi connectivity index (χ0n) is 21.2. The highest BCUT2D eigenvalue weighted by molar-refractivity contribution is 8.24. The summed E-state index contributed by atoms with van der Waals surface area (Å²) >= 11 is 0. The molecule has 0 aromatic heterocycles. The third-order valence-corrected chi connectivity index (χ3v) is 10.1. The van der Waals surface area contributed by atoms with Crippen LogP contribution in [0, 0.1) is 17.6 Å². The van der Waals surface area contributed by atoms with E-state index in [-0.39, 0.29) is 30.6 Å². The fourth-order valence-corrected chi connectivity index (χ4v) is 7.90. The highest BCUT2D eigenvalue weighted by Crippen LogP contribution is 2.71. The van der Waals surface area contributed by atoms with Crippen LogP contribution in [0.4, 0.5) is 20.2 Å². The largest absolute Gasteiger partial charge is 0.488 e. The van der Waals surface area contributed by atoms with Gasteiger partial charge in [-0.3, -0.25) is 0 Å². The summed E-state index contributed by atoms with van der Waals surface area (Å²) < 4.78 is 50.1. The summed E-state index contributed by atoms with van der Waals surface area (Å²) in [5, 5.41) is 9.51. The Morgan fingerprint density at radius 3 is 2.47 bits per heavy atom. The molecule has 0 unspecified atom stereocenters. The zero-order valence-corrected chi connectivity index (χ0v) is 22.1. The van der Waals surface area contributed by atoms with E-state index in [1.807, 2.05) is 49.5 Å². The summed E-state index contributed by atoms with van der Waals surface area (Å²) in [4.78, 5) is 14.7. The third-order valence-electron chi connectivity index (χ3n) is 7.34. The topological polar surface area (TPSA) is 71.5 Å². The number of hydrogen-bond donors (Lipinski definition) is 1. The van der Waals surface area contributed by atoms with Gasteiger partial charge in [-0.25, -0.2) is 21.9 Å². The summed E-state index contributed by atoms with van der Waals surface area (Å²) in [5.41, 5.74) is 1.86. The number of carbonyl (C=O) groups is 1. The fraction of sp³-hybridized carbons (Fsp3) is 0.321. The van der Waals surface area contributed by atoms with E-state index in [1.165, 1.54) is 6.07 Å². The molecule has 3 aliphatic heterocycles. The third kappa shape index (κ3) is 3.78. The number of benzene rings is 3. The minimum atomic E-state index is -2.34. The second kappa shape index (κ2) is 9.23. The number of likely N-dealkylation sites (N-methyl/N-ethyl adjacent to an activating group) is 1. The Morgan fingerprint density at radius 1 is 1.11 bits per heavy atom. The van der Waals surface area contributed by atoms with Crippen LogP contribution in [0.1, 0.15) is 36.2 Å².